The summed E-state index contributed by atoms with van der Waals surface area (Å²) in [5.41, 5.74) is 4.34. The third-order valence-corrected chi connectivity index (χ3v) is 4.45. The predicted octanol–water partition coefficient (Wildman–Crippen LogP) is 2.96. The monoisotopic (exact) mass is 320 g/mol. The Morgan fingerprint density at radius 3 is 2.83 bits per heavy atom. The molecule has 0 aliphatic rings. The fourth-order valence-corrected chi connectivity index (χ4v) is 3.27. The fourth-order valence-electron chi connectivity index (χ4n) is 2.49. The van der Waals surface area contributed by atoms with Crippen molar-refractivity contribution >= 4 is 22.2 Å². The van der Waals surface area contributed by atoms with Crippen LogP contribution in [-0.2, 0) is 6.54 Å². The van der Waals surface area contributed by atoms with Gasteiger partial charge in [0.1, 0.15) is 0 Å². The highest BCUT2D eigenvalue weighted by Crippen LogP contribution is 2.25. The van der Waals surface area contributed by atoms with Crippen LogP contribution in [0.4, 0.5) is 0 Å². The van der Waals surface area contributed by atoms with E-state index in [9.17, 15) is 4.79 Å². The number of nitrogens with zero attached hydrogens (tertiary/aromatic N) is 4. The molecule has 0 aliphatic heterocycles. The molecule has 1 aromatic carbocycles. The Labute approximate surface area is 135 Å². The van der Waals surface area contributed by atoms with Crippen molar-refractivity contribution in [3.63, 3.8) is 0 Å². The van der Waals surface area contributed by atoms with Gasteiger partial charge in [-0.25, -0.2) is 9.97 Å². The molecule has 0 amide bonds. The van der Waals surface area contributed by atoms with Gasteiger partial charge in [0.2, 0.25) is 0 Å². The second-order valence-corrected chi connectivity index (χ2v) is 6.00. The summed E-state index contributed by atoms with van der Waals surface area (Å²) >= 11 is 1.54. The lowest BCUT2D eigenvalue weighted by molar-refractivity contribution is 0.757. The van der Waals surface area contributed by atoms with E-state index in [1.165, 1.54) is 11.3 Å². The number of hydrogen-bond acceptors (Lipinski definition) is 5. The van der Waals surface area contributed by atoms with Crippen LogP contribution in [0.25, 0.3) is 22.2 Å². The normalized spacial score (nSPS) is 11.0. The molecule has 0 saturated heterocycles. The lowest BCUT2D eigenvalue weighted by Crippen LogP contribution is -2.21. The van der Waals surface area contributed by atoms with Crippen molar-refractivity contribution in [1.29, 1.82) is 0 Å². The zero-order valence-corrected chi connectivity index (χ0v) is 12.9. The smallest absolute Gasteiger partial charge is 0.263 e. The van der Waals surface area contributed by atoms with E-state index in [-0.39, 0.29) is 5.56 Å². The molecule has 23 heavy (non-hydrogen) atoms. The average molecular weight is 320 g/mol. The second kappa shape index (κ2) is 5.73. The van der Waals surface area contributed by atoms with Crippen LogP contribution in [-0.4, -0.2) is 19.5 Å². The Morgan fingerprint density at radius 1 is 1.09 bits per heavy atom. The Balaban J connectivity index is 1.77. The van der Waals surface area contributed by atoms with Gasteiger partial charge in [-0.15, -0.1) is 11.3 Å². The molecule has 6 heteroatoms. The molecular weight excluding hydrogens is 308 g/mol. The summed E-state index contributed by atoms with van der Waals surface area (Å²) in [4.78, 5) is 26.4. The van der Waals surface area contributed by atoms with Crippen LogP contribution in [0.3, 0.4) is 0 Å². The van der Waals surface area contributed by atoms with Crippen molar-refractivity contribution in [1.82, 2.24) is 19.5 Å². The minimum Gasteiger partial charge on any atom is -0.293 e. The summed E-state index contributed by atoms with van der Waals surface area (Å²) in [5.74, 6) is 0. The zero-order valence-electron chi connectivity index (χ0n) is 12.1. The third-order valence-electron chi connectivity index (χ3n) is 3.63. The van der Waals surface area contributed by atoms with E-state index in [4.69, 9.17) is 0 Å². The van der Waals surface area contributed by atoms with Crippen LogP contribution < -0.4 is 5.56 Å². The number of fused-ring (bicyclic) bond motifs is 1. The van der Waals surface area contributed by atoms with Gasteiger partial charge in [0.25, 0.3) is 5.56 Å². The summed E-state index contributed by atoms with van der Waals surface area (Å²) in [6, 6.07) is 11.7. The molecule has 5 nitrogen and oxygen atoms in total. The Bertz CT molecular complexity index is 1020. The molecular formula is C17H12N4OS. The first-order valence-electron chi connectivity index (χ1n) is 7.10. The van der Waals surface area contributed by atoms with Crippen LogP contribution in [0.5, 0.6) is 0 Å². The van der Waals surface area contributed by atoms with Gasteiger partial charge < -0.3 is 0 Å². The lowest BCUT2D eigenvalue weighted by Gasteiger charge is -2.07. The molecule has 3 aromatic heterocycles. The van der Waals surface area contributed by atoms with Crippen LogP contribution in [0, 0.1) is 0 Å². The molecule has 0 atom stereocenters. The van der Waals surface area contributed by atoms with Gasteiger partial charge >= 0.3 is 0 Å². The average Bonchev–Trinajstić information content (AvgIpc) is 3.07. The molecule has 0 spiro atoms. The van der Waals surface area contributed by atoms with Crippen molar-refractivity contribution < 1.29 is 0 Å². The number of benzene rings is 1. The van der Waals surface area contributed by atoms with Gasteiger partial charge in [-0.1, -0.05) is 30.3 Å². The topological polar surface area (TPSA) is 60.7 Å². The molecule has 3 heterocycles. The molecule has 0 unspecified atom stereocenters. The minimum atomic E-state index is -0.0875. The van der Waals surface area contributed by atoms with Gasteiger partial charge in [0.05, 0.1) is 39.9 Å². The van der Waals surface area contributed by atoms with Crippen molar-refractivity contribution in [2.45, 2.75) is 6.54 Å². The molecule has 0 radical (unpaired) electrons. The summed E-state index contributed by atoms with van der Waals surface area (Å²) < 4.78 is 1.60. The van der Waals surface area contributed by atoms with Crippen molar-refractivity contribution in [3.05, 3.63) is 75.9 Å². The Kier molecular flexibility index (Phi) is 3.44. The van der Waals surface area contributed by atoms with Crippen molar-refractivity contribution in [3.8, 4) is 11.3 Å². The van der Waals surface area contributed by atoms with E-state index in [2.05, 4.69) is 15.0 Å². The number of thiazole rings is 1. The van der Waals surface area contributed by atoms with Gasteiger partial charge in [-0.05, 0) is 6.07 Å². The van der Waals surface area contributed by atoms with Crippen LogP contribution >= 0.6 is 11.3 Å². The predicted molar refractivity (Wildman–Crippen MR) is 90.5 cm³/mol. The first kappa shape index (κ1) is 13.8. The maximum Gasteiger partial charge on any atom is 0.263 e. The summed E-state index contributed by atoms with van der Waals surface area (Å²) in [7, 11) is 0. The molecule has 0 aliphatic carbocycles. The molecule has 4 aromatic rings. The van der Waals surface area contributed by atoms with Crippen molar-refractivity contribution in [2.24, 2.45) is 0 Å². The maximum absolute atomic E-state index is 12.6. The van der Waals surface area contributed by atoms with Gasteiger partial charge in [-0.2, -0.15) is 0 Å². The van der Waals surface area contributed by atoms with E-state index in [0.717, 1.165) is 16.1 Å². The Morgan fingerprint density at radius 2 is 1.96 bits per heavy atom. The van der Waals surface area contributed by atoms with E-state index in [1.54, 1.807) is 34.9 Å². The number of aromatic nitrogens is 4. The highest BCUT2D eigenvalue weighted by molar-refractivity contribution is 7.10. The third kappa shape index (κ3) is 2.53. The zero-order chi connectivity index (χ0) is 15.6. The largest absolute Gasteiger partial charge is 0.293 e. The van der Waals surface area contributed by atoms with E-state index < -0.39 is 0 Å². The SMILES string of the molecule is O=c1c2cnccc2ncn1Cc1scnc1-c1ccccc1. The molecule has 0 fully saturated rings. The number of rotatable bonds is 3. The van der Waals surface area contributed by atoms with Crippen LogP contribution in [0.15, 0.2) is 65.4 Å². The fraction of sp³-hybridized carbons (Fsp3) is 0.0588. The standard InChI is InChI=1S/C17H12N4OS/c22-17-13-8-18-7-6-14(13)19-10-21(17)9-15-16(20-11-23-15)12-4-2-1-3-5-12/h1-8,10-11H,9H2. The first-order chi connectivity index (χ1) is 11.3. The van der Waals surface area contributed by atoms with Gasteiger partial charge in [0, 0.05) is 18.0 Å². The van der Waals surface area contributed by atoms with Gasteiger partial charge in [0.15, 0.2) is 0 Å². The van der Waals surface area contributed by atoms with Crippen LogP contribution in [0.1, 0.15) is 4.88 Å². The second-order valence-electron chi connectivity index (χ2n) is 5.06. The summed E-state index contributed by atoms with van der Waals surface area (Å²) in [6.45, 7) is 0.450. The highest BCUT2D eigenvalue weighted by Gasteiger charge is 2.11. The highest BCUT2D eigenvalue weighted by atomic mass is 32.1. The van der Waals surface area contributed by atoms with Crippen molar-refractivity contribution in [2.75, 3.05) is 0 Å². The molecule has 0 saturated carbocycles. The Hall–Kier alpha value is -2.86. The molecule has 112 valence electrons. The quantitative estimate of drug-likeness (QED) is 0.582. The number of hydrogen-bond donors (Lipinski definition) is 0. The molecule has 0 N–H and O–H groups in total. The number of pyridine rings is 1. The molecule has 4 rings (SSSR count). The van der Waals surface area contributed by atoms with Gasteiger partial charge in [-0.3, -0.25) is 14.3 Å². The van der Waals surface area contributed by atoms with E-state index in [0.29, 0.717) is 17.4 Å². The first-order valence-corrected chi connectivity index (χ1v) is 7.98. The van der Waals surface area contributed by atoms with E-state index >= 15 is 0 Å². The van der Waals surface area contributed by atoms with E-state index in [1.807, 2.05) is 30.3 Å². The lowest BCUT2D eigenvalue weighted by atomic mass is 10.1. The minimum absolute atomic E-state index is 0.0875. The summed E-state index contributed by atoms with van der Waals surface area (Å²) in [5, 5.41) is 0.528. The summed E-state index contributed by atoms with van der Waals surface area (Å²) in [6.07, 6.45) is 4.78. The maximum atomic E-state index is 12.6. The van der Waals surface area contributed by atoms with Crippen LogP contribution in [0.2, 0.25) is 0 Å². The molecule has 0 bridgehead atoms.